The Hall–Kier alpha value is -1.60. The van der Waals surface area contributed by atoms with Crippen LogP contribution in [0.3, 0.4) is 0 Å². The Morgan fingerprint density at radius 3 is 2.39 bits per heavy atom. The van der Waals surface area contributed by atoms with Crippen molar-refractivity contribution < 1.29 is 4.79 Å². The molecule has 2 aromatic rings. The van der Waals surface area contributed by atoms with Crippen LogP contribution in [0.25, 0.3) is 0 Å². The number of carbonyl (C=O) groups excluding carboxylic acids is 1. The zero-order valence-electron chi connectivity index (χ0n) is 9.84. The maximum Gasteiger partial charge on any atom is 0.131 e. The molecular weight excluding hydrogens is 244 g/mol. The van der Waals surface area contributed by atoms with E-state index in [1.54, 1.807) is 0 Å². The van der Waals surface area contributed by atoms with Crippen LogP contribution in [0.15, 0.2) is 54.6 Å². The van der Waals surface area contributed by atoms with Gasteiger partial charge in [-0.3, -0.25) is 0 Å². The van der Waals surface area contributed by atoms with Gasteiger partial charge in [0.15, 0.2) is 0 Å². The summed E-state index contributed by atoms with van der Waals surface area (Å²) in [6.45, 7) is 0. The van der Waals surface area contributed by atoms with Crippen LogP contribution < -0.4 is 0 Å². The van der Waals surface area contributed by atoms with E-state index < -0.39 is 0 Å². The van der Waals surface area contributed by atoms with Gasteiger partial charge in [0.1, 0.15) is 6.29 Å². The van der Waals surface area contributed by atoms with Crippen LogP contribution in [0.5, 0.6) is 0 Å². The Labute approximate surface area is 111 Å². The van der Waals surface area contributed by atoms with Gasteiger partial charge in [0, 0.05) is 10.9 Å². The van der Waals surface area contributed by atoms with Gasteiger partial charge >= 0.3 is 0 Å². The highest BCUT2D eigenvalue weighted by atomic mass is 35.5. The van der Waals surface area contributed by atoms with E-state index in [9.17, 15) is 4.79 Å². The Bertz CT molecular complexity index is 579. The molecular formula is C16H13ClO. The van der Waals surface area contributed by atoms with Crippen molar-refractivity contribution in [2.75, 3.05) is 0 Å². The number of rotatable bonds is 3. The van der Waals surface area contributed by atoms with Crippen molar-refractivity contribution in [3.8, 4) is 0 Å². The standard InChI is InChI=1S/C16H13ClO/c17-15-9-5-4-8-13(15)14-10-16(14,11-18)12-6-2-1-3-7-12/h1-9,11,14H,10H2/t14-,16-/m1/s1. The summed E-state index contributed by atoms with van der Waals surface area (Å²) in [5, 5.41) is 0.752. The zero-order valence-corrected chi connectivity index (χ0v) is 10.6. The molecule has 2 atom stereocenters. The van der Waals surface area contributed by atoms with E-state index in [1.165, 1.54) is 0 Å². The molecule has 0 bridgehead atoms. The molecule has 0 aliphatic heterocycles. The van der Waals surface area contributed by atoms with Crippen molar-refractivity contribution in [3.05, 3.63) is 70.7 Å². The van der Waals surface area contributed by atoms with Gasteiger partial charge in [0.25, 0.3) is 0 Å². The molecule has 3 rings (SSSR count). The molecule has 0 aromatic heterocycles. The van der Waals surface area contributed by atoms with Gasteiger partial charge in [0.2, 0.25) is 0 Å². The van der Waals surface area contributed by atoms with Crippen molar-refractivity contribution in [3.63, 3.8) is 0 Å². The Kier molecular flexibility index (Phi) is 2.71. The first-order chi connectivity index (χ1) is 8.78. The molecule has 1 aliphatic carbocycles. The zero-order chi connectivity index (χ0) is 12.6. The minimum atomic E-state index is -0.369. The summed E-state index contributed by atoms with van der Waals surface area (Å²) in [7, 11) is 0. The number of benzene rings is 2. The summed E-state index contributed by atoms with van der Waals surface area (Å²) < 4.78 is 0. The van der Waals surface area contributed by atoms with Crippen LogP contribution in [0.4, 0.5) is 0 Å². The van der Waals surface area contributed by atoms with E-state index in [1.807, 2.05) is 54.6 Å². The third kappa shape index (κ3) is 1.67. The molecule has 1 fully saturated rings. The lowest BCUT2D eigenvalue weighted by molar-refractivity contribution is -0.110. The molecule has 0 heterocycles. The molecule has 1 aliphatic rings. The van der Waals surface area contributed by atoms with Gasteiger partial charge in [-0.1, -0.05) is 60.1 Å². The average molecular weight is 257 g/mol. The molecule has 0 unspecified atom stereocenters. The summed E-state index contributed by atoms with van der Waals surface area (Å²) in [5.41, 5.74) is 1.80. The van der Waals surface area contributed by atoms with Crippen LogP contribution in [0.1, 0.15) is 23.5 Å². The molecule has 2 aromatic carbocycles. The van der Waals surface area contributed by atoms with Crippen LogP contribution in [0, 0.1) is 0 Å². The first-order valence-corrected chi connectivity index (χ1v) is 6.42. The second kappa shape index (κ2) is 4.25. The fourth-order valence-corrected chi connectivity index (χ4v) is 2.96. The summed E-state index contributed by atoms with van der Waals surface area (Å²) in [5.74, 6) is 0.214. The minimum Gasteiger partial charge on any atom is -0.302 e. The van der Waals surface area contributed by atoms with Crippen LogP contribution >= 0.6 is 11.6 Å². The van der Waals surface area contributed by atoms with Crippen molar-refractivity contribution in [1.82, 2.24) is 0 Å². The van der Waals surface area contributed by atoms with Gasteiger partial charge in [-0.05, 0) is 23.6 Å². The molecule has 0 spiro atoms. The van der Waals surface area contributed by atoms with Crippen molar-refractivity contribution in [1.29, 1.82) is 0 Å². The molecule has 0 saturated heterocycles. The fourth-order valence-electron chi connectivity index (χ4n) is 2.69. The molecule has 90 valence electrons. The highest BCUT2D eigenvalue weighted by Gasteiger charge is 2.56. The quantitative estimate of drug-likeness (QED) is 0.760. The number of halogens is 1. The summed E-state index contributed by atoms with van der Waals surface area (Å²) in [4.78, 5) is 11.5. The van der Waals surface area contributed by atoms with Gasteiger partial charge in [-0.2, -0.15) is 0 Å². The number of hydrogen-bond acceptors (Lipinski definition) is 1. The molecule has 1 saturated carbocycles. The molecule has 0 N–H and O–H groups in total. The maximum atomic E-state index is 11.5. The first kappa shape index (κ1) is 11.5. The number of hydrogen-bond donors (Lipinski definition) is 0. The topological polar surface area (TPSA) is 17.1 Å². The van der Waals surface area contributed by atoms with Gasteiger partial charge in [-0.15, -0.1) is 0 Å². The molecule has 1 nitrogen and oxygen atoms in total. The SMILES string of the molecule is O=C[C@@]1(c2ccccc2)C[C@@H]1c1ccccc1Cl. The molecule has 2 heteroatoms. The first-order valence-electron chi connectivity index (χ1n) is 6.04. The number of aldehydes is 1. The predicted octanol–water partition coefficient (Wildman–Crippen LogP) is 3.96. The minimum absolute atomic E-state index is 0.214. The third-order valence-corrected chi connectivity index (χ3v) is 4.15. The van der Waals surface area contributed by atoms with E-state index in [-0.39, 0.29) is 11.3 Å². The third-order valence-electron chi connectivity index (χ3n) is 3.81. The smallest absolute Gasteiger partial charge is 0.131 e. The van der Waals surface area contributed by atoms with Crippen LogP contribution in [-0.4, -0.2) is 6.29 Å². The second-order valence-electron chi connectivity index (χ2n) is 4.80. The van der Waals surface area contributed by atoms with Gasteiger partial charge < -0.3 is 4.79 Å². The van der Waals surface area contributed by atoms with E-state index in [4.69, 9.17) is 11.6 Å². The fraction of sp³-hybridized carbons (Fsp3) is 0.188. The maximum absolute atomic E-state index is 11.5. The van der Waals surface area contributed by atoms with Crippen LogP contribution in [-0.2, 0) is 10.2 Å². The van der Waals surface area contributed by atoms with Gasteiger partial charge in [0.05, 0.1) is 5.41 Å². The van der Waals surface area contributed by atoms with Gasteiger partial charge in [-0.25, -0.2) is 0 Å². The summed E-state index contributed by atoms with van der Waals surface area (Å²) in [6, 6.07) is 17.7. The molecule has 0 amide bonds. The Morgan fingerprint density at radius 1 is 1.06 bits per heavy atom. The largest absolute Gasteiger partial charge is 0.302 e. The average Bonchev–Trinajstić information content (AvgIpc) is 3.16. The highest BCUT2D eigenvalue weighted by molar-refractivity contribution is 6.31. The van der Waals surface area contributed by atoms with Crippen molar-refractivity contribution >= 4 is 17.9 Å². The Balaban J connectivity index is 2.00. The van der Waals surface area contributed by atoms with E-state index in [0.717, 1.165) is 28.9 Å². The van der Waals surface area contributed by atoms with E-state index in [0.29, 0.717) is 0 Å². The Morgan fingerprint density at radius 2 is 1.72 bits per heavy atom. The van der Waals surface area contributed by atoms with E-state index >= 15 is 0 Å². The number of carbonyl (C=O) groups is 1. The van der Waals surface area contributed by atoms with E-state index in [2.05, 4.69) is 0 Å². The normalized spacial score (nSPS) is 25.7. The lowest BCUT2D eigenvalue weighted by Crippen LogP contribution is -2.11. The lowest BCUT2D eigenvalue weighted by atomic mass is 9.92. The second-order valence-corrected chi connectivity index (χ2v) is 5.21. The predicted molar refractivity (Wildman–Crippen MR) is 73.0 cm³/mol. The van der Waals surface area contributed by atoms with Crippen molar-refractivity contribution in [2.45, 2.75) is 17.8 Å². The molecule has 0 radical (unpaired) electrons. The summed E-state index contributed by atoms with van der Waals surface area (Å²) in [6.07, 6.45) is 1.93. The van der Waals surface area contributed by atoms with Crippen molar-refractivity contribution in [2.24, 2.45) is 0 Å². The van der Waals surface area contributed by atoms with Crippen LogP contribution in [0.2, 0.25) is 5.02 Å². The monoisotopic (exact) mass is 256 g/mol. The molecule has 18 heavy (non-hydrogen) atoms. The lowest BCUT2D eigenvalue weighted by Gasteiger charge is -2.11. The highest BCUT2D eigenvalue weighted by Crippen LogP contribution is 2.60. The summed E-state index contributed by atoms with van der Waals surface area (Å²) >= 11 is 6.22.